The van der Waals surface area contributed by atoms with E-state index in [1.807, 2.05) is 25.9 Å². The van der Waals surface area contributed by atoms with E-state index in [1.54, 1.807) is 36.4 Å². The number of carbonyl (C=O) groups is 1. The maximum absolute atomic E-state index is 14.1. The van der Waals surface area contributed by atoms with Gasteiger partial charge < -0.3 is 10.2 Å². The van der Waals surface area contributed by atoms with Gasteiger partial charge >= 0.3 is 6.18 Å². The number of nitrogens with one attached hydrogen (secondary N) is 1. The van der Waals surface area contributed by atoms with Crippen molar-refractivity contribution in [2.24, 2.45) is 5.41 Å². The summed E-state index contributed by atoms with van der Waals surface area (Å²) in [7, 11) is -0.292. The van der Waals surface area contributed by atoms with Gasteiger partial charge in [0.05, 0.1) is 27.0 Å². The fourth-order valence-corrected chi connectivity index (χ4v) is 7.16. The highest BCUT2D eigenvalue weighted by Gasteiger charge is 2.67. The van der Waals surface area contributed by atoms with E-state index in [2.05, 4.69) is 15.4 Å². The first-order chi connectivity index (χ1) is 20.7. The van der Waals surface area contributed by atoms with Crippen LogP contribution in [0, 0.1) is 12.3 Å². The largest absolute Gasteiger partial charge is 0.395 e. The molecule has 13 heteroatoms. The number of alkyl halides is 3. The summed E-state index contributed by atoms with van der Waals surface area (Å²) < 4.78 is 69.6. The highest BCUT2D eigenvalue weighted by Crippen LogP contribution is 2.66. The molecule has 2 aromatic carbocycles. The van der Waals surface area contributed by atoms with Gasteiger partial charge in [-0.1, -0.05) is 41.4 Å². The van der Waals surface area contributed by atoms with Gasteiger partial charge in [0.15, 0.2) is 0 Å². The lowest BCUT2D eigenvalue weighted by atomic mass is 9.80. The molecule has 1 aliphatic rings. The molecule has 4 aromatic rings. The van der Waals surface area contributed by atoms with Crippen LogP contribution in [0.3, 0.4) is 0 Å². The Hall–Kier alpha value is -3.48. The van der Waals surface area contributed by atoms with Crippen molar-refractivity contribution in [3.05, 3.63) is 88.8 Å². The molecular weight excluding hydrogens is 615 g/mol. The van der Waals surface area contributed by atoms with Gasteiger partial charge in [0.1, 0.15) is 0 Å². The fraction of sp³-hybridized carbons (Fsp3) is 0.387. The Balaban J connectivity index is 1.31. The molecule has 0 radical (unpaired) electrons. The third-order valence-corrected chi connectivity index (χ3v) is 10.6. The number of amides is 1. The van der Waals surface area contributed by atoms with E-state index in [1.165, 1.54) is 30.7 Å². The van der Waals surface area contributed by atoms with Crippen molar-refractivity contribution in [2.75, 3.05) is 20.6 Å². The van der Waals surface area contributed by atoms with Crippen LogP contribution in [0.15, 0.2) is 72.0 Å². The molecule has 2 aromatic heterocycles. The van der Waals surface area contributed by atoms with Crippen LogP contribution < -0.4 is 5.32 Å². The van der Waals surface area contributed by atoms with Gasteiger partial charge in [-0.25, -0.2) is 0 Å². The van der Waals surface area contributed by atoms with E-state index in [4.69, 9.17) is 11.6 Å². The Kier molecular flexibility index (Phi) is 8.80. The van der Waals surface area contributed by atoms with E-state index < -0.39 is 33.4 Å². The van der Waals surface area contributed by atoms with E-state index >= 15 is 0 Å². The van der Waals surface area contributed by atoms with Gasteiger partial charge in [0.25, 0.3) is 10.0 Å². The molecule has 8 nitrogen and oxygen atoms in total. The molecule has 234 valence electrons. The second-order valence-corrected chi connectivity index (χ2v) is 13.7. The topological polar surface area (TPSA) is 97.2 Å². The molecule has 1 amide bonds. The maximum atomic E-state index is 14.1. The minimum Gasteiger partial charge on any atom is -0.355 e. The summed E-state index contributed by atoms with van der Waals surface area (Å²) in [6, 6.07) is 12.8. The van der Waals surface area contributed by atoms with Crippen molar-refractivity contribution in [3.8, 4) is 0 Å². The van der Waals surface area contributed by atoms with Crippen molar-refractivity contribution >= 4 is 38.4 Å². The first kappa shape index (κ1) is 31.9. The molecule has 2 heterocycles. The number of benzene rings is 2. The Bertz CT molecular complexity index is 1760. The van der Waals surface area contributed by atoms with E-state index in [0.717, 1.165) is 9.65 Å². The van der Waals surface area contributed by atoms with Gasteiger partial charge in [-0.15, -0.1) is 0 Å². The van der Waals surface area contributed by atoms with Crippen LogP contribution >= 0.6 is 11.6 Å². The zero-order chi connectivity index (χ0) is 31.9. The summed E-state index contributed by atoms with van der Waals surface area (Å²) in [5.74, 6) is -1.51. The number of hydrogen-bond acceptors (Lipinski definition) is 6. The predicted molar refractivity (Wildman–Crippen MR) is 162 cm³/mol. The maximum Gasteiger partial charge on any atom is 0.395 e. The zero-order valence-electron chi connectivity index (χ0n) is 24.5. The average Bonchev–Trinajstić information content (AvgIpc) is 3.68. The molecule has 0 saturated heterocycles. The Labute approximate surface area is 259 Å². The number of aromatic nitrogens is 3. The number of carbonyl (C=O) groups excluding carboxylic acids is 1. The number of nitrogens with zero attached hydrogens (tertiary/aromatic N) is 4. The molecule has 1 aliphatic carbocycles. The van der Waals surface area contributed by atoms with E-state index in [9.17, 15) is 26.4 Å². The van der Waals surface area contributed by atoms with Crippen molar-refractivity contribution in [2.45, 2.75) is 55.6 Å². The van der Waals surface area contributed by atoms with Gasteiger partial charge in [0, 0.05) is 42.7 Å². The Morgan fingerprint density at radius 3 is 2.41 bits per heavy atom. The standard InChI is InChI=1S/C31H33ClF3N5O3S/c1-20-6-9-24(10-7-20)44(42,43)40-27-11-8-21(29(32)25(27)19-38-40)15-23(39(2)3)18-37-28(41)16-26(22-5-4-14-36-17-22)30(12-13-30)31(33,34)35/h4-11,14,17,19,23,26H,12-13,15-16,18H2,1-3H3,(H,37,41)/t23-,26+/m0/s1. The number of rotatable bonds is 11. The molecule has 0 bridgehead atoms. The molecule has 0 aliphatic heterocycles. The van der Waals surface area contributed by atoms with Crippen molar-refractivity contribution in [1.82, 2.24) is 24.4 Å². The zero-order valence-corrected chi connectivity index (χ0v) is 26.0. The molecule has 0 unspecified atom stereocenters. The predicted octanol–water partition coefficient (Wildman–Crippen LogP) is 5.74. The van der Waals surface area contributed by atoms with Gasteiger partial charge in [-0.05, 0) is 75.7 Å². The van der Waals surface area contributed by atoms with Crippen LogP contribution in [0.25, 0.3) is 10.9 Å². The van der Waals surface area contributed by atoms with Crippen LogP contribution in [0.1, 0.15) is 41.9 Å². The summed E-state index contributed by atoms with van der Waals surface area (Å²) in [5.41, 5.74) is 0.437. The molecule has 1 N–H and O–H groups in total. The van der Waals surface area contributed by atoms with Gasteiger partial charge in [0.2, 0.25) is 5.91 Å². The Morgan fingerprint density at radius 2 is 1.82 bits per heavy atom. The van der Waals surface area contributed by atoms with Crippen LogP contribution in [0.5, 0.6) is 0 Å². The number of fused-ring (bicyclic) bond motifs is 1. The highest BCUT2D eigenvalue weighted by atomic mass is 35.5. The number of halogens is 4. The van der Waals surface area contributed by atoms with Crippen LogP contribution in [-0.2, 0) is 21.2 Å². The molecule has 1 saturated carbocycles. The lowest BCUT2D eigenvalue weighted by Crippen LogP contribution is -2.42. The second-order valence-electron chi connectivity index (χ2n) is 11.6. The van der Waals surface area contributed by atoms with Crippen molar-refractivity contribution in [1.29, 1.82) is 0 Å². The quantitative estimate of drug-likeness (QED) is 0.223. The molecule has 0 spiro atoms. The van der Waals surface area contributed by atoms with Crippen LogP contribution in [0.4, 0.5) is 13.2 Å². The summed E-state index contributed by atoms with van der Waals surface area (Å²) >= 11 is 6.75. The third kappa shape index (κ3) is 6.20. The number of likely N-dealkylation sites (N-methyl/N-ethyl adjacent to an activating group) is 1. The summed E-state index contributed by atoms with van der Waals surface area (Å²) in [5, 5.41) is 7.76. The molecule has 1 fully saturated rings. The minimum absolute atomic E-state index is 0.0203. The average molecular weight is 648 g/mol. The summed E-state index contributed by atoms with van der Waals surface area (Å²) in [6.45, 7) is 2.03. The van der Waals surface area contributed by atoms with Gasteiger partial charge in [-0.2, -0.15) is 30.8 Å². The van der Waals surface area contributed by atoms with Crippen molar-refractivity contribution < 1.29 is 26.4 Å². The molecule has 44 heavy (non-hydrogen) atoms. The third-order valence-electron chi connectivity index (χ3n) is 8.50. The number of aryl methyl sites for hydroxylation is 1. The van der Waals surface area contributed by atoms with Crippen LogP contribution in [-0.4, -0.2) is 66.3 Å². The minimum atomic E-state index is -4.43. The molecule has 5 rings (SSSR count). The normalized spacial score (nSPS) is 16.2. The summed E-state index contributed by atoms with van der Waals surface area (Å²) in [6.07, 6.45) is -0.0935. The van der Waals surface area contributed by atoms with Crippen molar-refractivity contribution in [3.63, 3.8) is 0 Å². The first-order valence-electron chi connectivity index (χ1n) is 14.1. The SMILES string of the molecule is Cc1ccc(S(=O)(=O)n2ncc3c(Cl)c(C[C@@H](CNC(=O)C[C@H](c4cccnc4)C4(C(F)(F)F)CC4)N(C)C)ccc32)cc1. The van der Waals surface area contributed by atoms with E-state index in [-0.39, 0.29) is 36.7 Å². The number of hydrogen-bond donors (Lipinski definition) is 1. The number of pyridine rings is 1. The molecular formula is C31H33ClF3N5O3S. The molecule has 2 atom stereocenters. The monoisotopic (exact) mass is 647 g/mol. The van der Waals surface area contributed by atoms with E-state index in [0.29, 0.717) is 33.5 Å². The Morgan fingerprint density at radius 1 is 1.11 bits per heavy atom. The second kappa shape index (κ2) is 12.1. The van der Waals surface area contributed by atoms with Gasteiger partial charge in [-0.3, -0.25) is 9.78 Å². The lowest BCUT2D eigenvalue weighted by molar-refractivity contribution is -0.194. The highest BCUT2D eigenvalue weighted by molar-refractivity contribution is 7.90. The lowest BCUT2D eigenvalue weighted by Gasteiger charge is -2.30. The fourth-order valence-electron chi connectivity index (χ4n) is 5.61. The summed E-state index contributed by atoms with van der Waals surface area (Å²) in [4.78, 5) is 19.1. The smallest absolute Gasteiger partial charge is 0.355 e. The van der Waals surface area contributed by atoms with Crippen LogP contribution in [0.2, 0.25) is 5.02 Å². The first-order valence-corrected chi connectivity index (χ1v) is 15.9.